The van der Waals surface area contributed by atoms with Crippen molar-refractivity contribution >= 4 is 16.6 Å². The van der Waals surface area contributed by atoms with Crippen LogP contribution < -0.4 is 0 Å². The highest BCUT2D eigenvalue weighted by atomic mass is 32.3. The first-order chi connectivity index (χ1) is 3.91. The molecule has 56 valence electrons. The number of nitrogens with one attached hydrogen (secondary N) is 1. The predicted molar refractivity (Wildman–Crippen MR) is 30.0 cm³/mol. The Morgan fingerprint density at radius 2 is 1.56 bits per heavy atom. The maximum absolute atomic E-state index is 8.74. The number of aliphatic hydroxyl groups is 1. The topological polar surface area (TPSA) is 119 Å². The van der Waals surface area contributed by atoms with Gasteiger partial charge in [0.25, 0.3) is 0 Å². The fraction of sp³-hybridized carbons (Fsp3) is 0.500. The van der Waals surface area contributed by atoms with Crippen LogP contribution in [0, 0.1) is 5.41 Å². The smallest absolute Gasteiger partial charge is 0.391 e. The van der Waals surface area contributed by atoms with Crippen molar-refractivity contribution in [2.75, 3.05) is 6.61 Å². The van der Waals surface area contributed by atoms with E-state index in [9.17, 15) is 0 Å². The van der Waals surface area contributed by atoms with Gasteiger partial charge in [-0.2, -0.15) is 8.42 Å². The Hall–Kier alpha value is -0.500. The predicted octanol–water partition coefficient (Wildman–Crippen LogP) is -1.02. The van der Waals surface area contributed by atoms with Crippen LogP contribution in [0.15, 0.2) is 0 Å². The summed E-state index contributed by atoms with van der Waals surface area (Å²) in [6.07, 6.45) is 0.931. The van der Waals surface area contributed by atoms with Gasteiger partial charge in [0.1, 0.15) is 0 Å². The molecule has 0 spiro atoms. The van der Waals surface area contributed by atoms with E-state index in [1.165, 1.54) is 0 Å². The molecular weight excluding hydrogens is 150 g/mol. The maximum Gasteiger partial charge on any atom is 0.394 e. The molecule has 0 saturated heterocycles. The molecule has 4 N–H and O–H groups in total. The fourth-order valence-electron chi connectivity index (χ4n) is 0. The third kappa shape index (κ3) is 908. The van der Waals surface area contributed by atoms with E-state index >= 15 is 0 Å². The van der Waals surface area contributed by atoms with Gasteiger partial charge in [-0.15, -0.1) is 0 Å². The van der Waals surface area contributed by atoms with Crippen LogP contribution in [0.5, 0.6) is 0 Å². The zero-order valence-corrected chi connectivity index (χ0v) is 5.17. The van der Waals surface area contributed by atoms with E-state index in [-0.39, 0.29) is 6.61 Å². The molecule has 0 saturated carbocycles. The van der Waals surface area contributed by atoms with Gasteiger partial charge in [-0.1, -0.05) is 0 Å². The summed E-state index contributed by atoms with van der Waals surface area (Å²) in [6, 6.07) is 0. The molecule has 0 rings (SSSR count). The van der Waals surface area contributed by atoms with Gasteiger partial charge in [-0.3, -0.25) is 9.11 Å². The summed E-state index contributed by atoms with van der Waals surface area (Å²) in [7, 11) is -4.67. The second-order valence-electron chi connectivity index (χ2n) is 0.835. The second kappa shape index (κ2) is 5.63. The van der Waals surface area contributed by atoms with E-state index in [0.717, 1.165) is 6.21 Å². The molecule has 0 aromatic heterocycles. The Labute approximate surface area is 52.2 Å². The molecule has 0 fully saturated rings. The highest BCUT2D eigenvalue weighted by Gasteiger charge is 1.84. The average molecular weight is 157 g/mol. The van der Waals surface area contributed by atoms with Gasteiger partial charge in [-0.05, 0) is 0 Å². The van der Waals surface area contributed by atoms with E-state index in [1.54, 1.807) is 0 Å². The van der Waals surface area contributed by atoms with Gasteiger partial charge in [0.15, 0.2) is 0 Å². The number of hydrogen-bond acceptors (Lipinski definition) is 4. The summed E-state index contributed by atoms with van der Waals surface area (Å²) in [5, 5.41) is 13.7. The lowest BCUT2D eigenvalue weighted by molar-refractivity contribution is 0.361. The average Bonchev–Trinajstić information content (AvgIpc) is 1.61. The summed E-state index contributed by atoms with van der Waals surface area (Å²) in [4.78, 5) is 0. The van der Waals surface area contributed by atoms with Crippen LogP contribution in [0.3, 0.4) is 0 Å². The van der Waals surface area contributed by atoms with Gasteiger partial charge in [0, 0.05) is 6.21 Å². The quantitative estimate of drug-likeness (QED) is 0.287. The Morgan fingerprint density at radius 1 is 1.44 bits per heavy atom. The maximum atomic E-state index is 8.74. The largest absolute Gasteiger partial charge is 0.394 e. The molecule has 0 aromatic carbocycles. The standard InChI is InChI=1S/C2H5NO.H2O4S/c3-1-2-4;1-5(2,3)4/h1,3-4H,2H2;(H2,1,2,3,4). The third-order valence-corrected chi connectivity index (χ3v) is 0.0913. The normalized spacial score (nSPS) is 9.22. The first-order valence-electron chi connectivity index (χ1n) is 1.71. The molecule has 0 heterocycles. The molecule has 0 aliphatic rings. The van der Waals surface area contributed by atoms with Crippen molar-refractivity contribution in [3.8, 4) is 0 Å². The second-order valence-corrected chi connectivity index (χ2v) is 1.73. The molecule has 6 nitrogen and oxygen atoms in total. The zero-order chi connectivity index (χ0) is 7.91. The van der Waals surface area contributed by atoms with Crippen molar-refractivity contribution in [1.82, 2.24) is 0 Å². The summed E-state index contributed by atoms with van der Waals surface area (Å²) in [5.74, 6) is 0. The van der Waals surface area contributed by atoms with E-state index < -0.39 is 10.4 Å². The lowest BCUT2D eigenvalue weighted by atomic mass is 10.8. The van der Waals surface area contributed by atoms with Crippen molar-refractivity contribution in [1.29, 1.82) is 5.41 Å². The minimum absolute atomic E-state index is 0.139. The van der Waals surface area contributed by atoms with Gasteiger partial charge in [0.05, 0.1) is 6.61 Å². The number of hydrogen-bond donors (Lipinski definition) is 4. The summed E-state index contributed by atoms with van der Waals surface area (Å²) in [6.45, 7) is -0.139. The first kappa shape index (κ1) is 11.3. The Kier molecular flexibility index (Phi) is 7.08. The van der Waals surface area contributed by atoms with Crippen molar-refractivity contribution in [3.05, 3.63) is 0 Å². The van der Waals surface area contributed by atoms with Crippen LogP contribution in [0.25, 0.3) is 0 Å². The Balaban J connectivity index is 0. The molecule has 0 unspecified atom stereocenters. The van der Waals surface area contributed by atoms with Crippen molar-refractivity contribution < 1.29 is 22.6 Å². The van der Waals surface area contributed by atoms with Crippen LogP contribution in [-0.4, -0.2) is 35.5 Å². The van der Waals surface area contributed by atoms with Crippen LogP contribution in [-0.2, 0) is 10.4 Å². The minimum atomic E-state index is -4.67. The number of aliphatic hydroxyl groups excluding tert-OH is 1. The van der Waals surface area contributed by atoms with E-state index in [2.05, 4.69) is 0 Å². The van der Waals surface area contributed by atoms with Gasteiger partial charge >= 0.3 is 10.4 Å². The minimum Gasteiger partial charge on any atom is -0.391 e. The molecule has 9 heavy (non-hydrogen) atoms. The molecule has 0 bridgehead atoms. The zero-order valence-electron chi connectivity index (χ0n) is 4.35. The van der Waals surface area contributed by atoms with Gasteiger partial charge in [0.2, 0.25) is 0 Å². The molecule has 0 aromatic rings. The van der Waals surface area contributed by atoms with Crippen LogP contribution in [0.4, 0.5) is 0 Å². The summed E-state index contributed by atoms with van der Waals surface area (Å²) in [5.41, 5.74) is 0. The first-order valence-corrected chi connectivity index (χ1v) is 3.11. The van der Waals surface area contributed by atoms with Gasteiger partial charge < -0.3 is 10.5 Å². The van der Waals surface area contributed by atoms with Crippen LogP contribution in [0.2, 0.25) is 0 Å². The van der Waals surface area contributed by atoms with E-state index in [1.807, 2.05) is 0 Å². The highest BCUT2D eigenvalue weighted by molar-refractivity contribution is 7.79. The van der Waals surface area contributed by atoms with Gasteiger partial charge in [-0.25, -0.2) is 0 Å². The molecule has 7 heteroatoms. The van der Waals surface area contributed by atoms with Crippen molar-refractivity contribution in [2.45, 2.75) is 0 Å². The molecular formula is C2H7NO5S. The lowest BCUT2D eigenvalue weighted by Crippen LogP contribution is -1.89. The molecule has 0 radical (unpaired) electrons. The summed E-state index contributed by atoms with van der Waals surface area (Å²) >= 11 is 0. The lowest BCUT2D eigenvalue weighted by Gasteiger charge is -1.68. The third-order valence-electron chi connectivity index (χ3n) is 0.0913. The van der Waals surface area contributed by atoms with Crippen molar-refractivity contribution in [3.63, 3.8) is 0 Å². The van der Waals surface area contributed by atoms with Crippen LogP contribution in [0.1, 0.15) is 0 Å². The monoisotopic (exact) mass is 157 g/mol. The van der Waals surface area contributed by atoms with Crippen LogP contribution >= 0.6 is 0 Å². The van der Waals surface area contributed by atoms with Crippen molar-refractivity contribution in [2.24, 2.45) is 0 Å². The molecule has 0 amide bonds. The fourth-order valence-corrected chi connectivity index (χ4v) is 0. The Morgan fingerprint density at radius 3 is 1.56 bits per heavy atom. The van der Waals surface area contributed by atoms with E-state index in [0.29, 0.717) is 0 Å². The summed E-state index contributed by atoms with van der Waals surface area (Å²) < 4.78 is 31.6. The number of rotatable bonds is 1. The SMILES string of the molecule is N=CCO.O=S(=O)(O)O. The Bertz CT molecular complexity index is 140. The molecule has 0 aliphatic carbocycles. The highest BCUT2D eigenvalue weighted by Crippen LogP contribution is 1.59. The molecule has 0 atom stereocenters. The van der Waals surface area contributed by atoms with E-state index in [4.69, 9.17) is 28.0 Å². The molecule has 0 aliphatic heterocycles.